The molecule has 0 radical (unpaired) electrons. The van der Waals surface area contributed by atoms with E-state index in [2.05, 4.69) is 21.2 Å². The largest absolute Gasteiger partial charge is 0.490 e. The summed E-state index contributed by atoms with van der Waals surface area (Å²) >= 11 is 11.4. The van der Waals surface area contributed by atoms with Gasteiger partial charge in [0.1, 0.15) is 6.04 Å². The second-order valence-electron chi connectivity index (χ2n) is 10.6. The summed E-state index contributed by atoms with van der Waals surface area (Å²) in [5.74, 6) is 1.24. The molecule has 1 amide bonds. The van der Waals surface area contributed by atoms with Gasteiger partial charge in [0, 0.05) is 29.6 Å². The number of allylic oxidation sites excluding steroid dienone is 1. The van der Waals surface area contributed by atoms with Crippen molar-refractivity contribution in [1.29, 1.82) is 0 Å². The van der Waals surface area contributed by atoms with E-state index in [1.807, 2.05) is 44.2 Å². The second kappa shape index (κ2) is 14.9. The maximum absolute atomic E-state index is 13.5. The molecule has 0 spiro atoms. The summed E-state index contributed by atoms with van der Waals surface area (Å²) in [6.07, 6.45) is -0.331. The van der Waals surface area contributed by atoms with Gasteiger partial charge in [-0.25, -0.2) is 9.48 Å². The van der Waals surface area contributed by atoms with E-state index in [-0.39, 0.29) is 18.6 Å². The molecular formula is C31H35BrClN5O6S. The molecule has 0 bridgehead atoms. The Hall–Kier alpha value is -3.26. The van der Waals surface area contributed by atoms with Crippen LogP contribution in [0.1, 0.15) is 44.9 Å². The fourth-order valence-electron chi connectivity index (χ4n) is 4.99. The summed E-state index contributed by atoms with van der Waals surface area (Å²) in [5, 5.41) is 9.23. The number of hydrogen-bond acceptors (Lipinski definition) is 10. The number of halogens is 2. The third kappa shape index (κ3) is 7.76. The number of esters is 1. The average molecular weight is 721 g/mol. The number of amides is 1. The molecule has 3 heterocycles. The number of aromatic nitrogens is 3. The normalized spacial score (nSPS) is 16.3. The molecule has 0 saturated carbocycles. The fourth-order valence-corrected chi connectivity index (χ4v) is 6.68. The van der Waals surface area contributed by atoms with Gasteiger partial charge in [0.2, 0.25) is 11.1 Å². The van der Waals surface area contributed by atoms with Gasteiger partial charge in [-0.1, -0.05) is 41.6 Å². The Kier molecular flexibility index (Phi) is 11.0. The van der Waals surface area contributed by atoms with Crippen LogP contribution in [0, 0.1) is 0 Å². The smallest absolute Gasteiger partial charge is 0.338 e. The van der Waals surface area contributed by atoms with Crippen molar-refractivity contribution in [3.8, 4) is 11.5 Å². The Morgan fingerprint density at radius 2 is 1.96 bits per heavy atom. The van der Waals surface area contributed by atoms with Crippen LogP contribution in [0.4, 0.5) is 5.95 Å². The van der Waals surface area contributed by atoms with E-state index in [1.165, 1.54) is 11.8 Å². The molecule has 0 aliphatic carbocycles. The monoisotopic (exact) mass is 719 g/mol. The van der Waals surface area contributed by atoms with Gasteiger partial charge in [-0.3, -0.25) is 4.79 Å². The lowest BCUT2D eigenvalue weighted by molar-refractivity contribution is -0.143. The van der Waals surface area contributed by atoms with Gasteiger partial charge in [-0.2, -0.15) is 4.98 Å². The van der Waals surface area contributed by atoms with Gasteiger partial charge in [0.05, 0.1) is 36.0 Å². The van der Waals surface area contributed by atoms with Crippen LogP contribution in [0.3, 0.4) is 0 Å². The van der Waals surface area contributed by atoms with Crippen LogP contribution in [0.5, 0.6) is 11.5 Å². The third-order valence-electron chi connectivity index (χ3n) is 7.06. The topological polar surface area (TPSA) is 117 Å². The number of fused-ring (bicyclic) bond motifs is 1. The molecule has 1 N–H and O–H groups in total. The first-order valence-corrected chi connectivity index (χ1v) is 16.8. The maximum Gasteiger partial charge on any atom is 0.338 e. The quantitative estimate of drug-likeness (QED) is 0.191. The Labute approximate surface area is 279 Å². The predicted octanol–water partition coefficient (Wildman–Crippen LogP) is 5.86. The molecule has 1 atom stereocenters. The van der Waals surface area contributed by atoms with Crippen LogP contribution in [0.15, 0.2) is 57.3 Å². The van der Waals surface area contributed by atoms with E-state index in [0.717, 1.165) is 5.56 Å². The van der Waals surface area contributed by atoms with E-state index >= 15 is 0 Å². The summed E-state index contributed by atoms with van der Waals surface area (Å²) < 4.78 is 25.3. The Balaban J connectivity index is 1.49. The van der Waals surface area contributed by atoms with Crippen molar-refractivity contribution in [1.82, 2.24) is 19.7 Å². The number of ether oxygens (including phenoxy) is 4. The van der Waals surface area contributed by atoms with Gasteiger partial charge >= 0.3 is 5.97 Å². The molecule has 45 heavy (non-hydrogen) atoms. The summed E-state index contributed by atoms with van der Waals surface area (Å²) in [6.45, 7) is 9.53. The van der Waals surface area contributed by atoms with Crippen molar-refractivity contribution < 1.29 is 28.5 Å². The lowest BCUT2D eigenvalue weighted by Gasteiger charge is -2.29. The highest BCUT2D eigenvalue weighted by atomic mass is 79.9. The summed E-state index contributed by atoms with van der Waals surface area (Å²) in [7, 11) is 0. The molecule has 5 rings (SSSR count). The molecule has 1 unspecified atom stereocenters. The van der Waals surface area contributed by atoms with Crippen LogP contribution in [0.2, 0.25) is 5.02 Å². The molecule has 2 aliphatic heterocycles. The predicted molar refractivity (Wildman–Crippen MR) is 175 cm³/mol. The minimum absolute atomic E-state index is 0.138. The SMILES string of the molecule is CCOc1cc(C2C(C(=O)OC(C)C)=C(C)Nc3nc(SCc4ccccc4Cl)nn32)cc(Br)c1OCC(=O)N1CCOCC1. The molecule has 2 aromatic carbocycles. The molecule has 1 saturated heterocycles. The van der Waals surface area contributed by atoms with E-state index < -0.39 is 12.0 Å². The summed E-state index contributed by atoms with van der Waals surface area (Å²) in [5.41, 5.74) is 2.63. The number of benzene rings is 2. The molecule has 1 aromatic heterocycles. The number of thioether (sulfide) groups is 1. The molecule has 1 fully saturated rings. The van der Waals surface area contributed by atoms with Crippen molar-refractivity contribution in [3.63, 3.8) is 0 Å². The van der Waals surface area contributed by atoms with Gasteiger partial charge < -0.3 is 29.2 Å². The van der Waals surface area contributed by atoms with Crippen molar-refractivity contribution in [2.75, 3.05) is 44.8 Å². The molecule has 3 aromatic rings. The first kappa shape index (κ1) is 33.1. The first-order chi connectivity index (χ1) is 21.7. The molecular weight excluding hydrogens is 686 g/mol. The maximum atomic E-state index is 13.5. The summed E-state index contributed by atoms with van der Waals surface area (Å²) in [4.78, 5) is 32.8. The number of carbonyl (C=O) groups is 2. The van der Waals surface area contributed by atoms with Crippen molar-refractivity contribution in [3.05, 3.63) is 68.3 Å². The van der Waals surface area contributed by atoms with Crippen molar-refractivity contribution in [2.24, 2.45) is 0 Å². The number of nitrogens with zero attached hydrogens (tertiary/aromatic N) is 4. The number of hydrogen-bond donors (Lipinski definition) is 1. The second-order valence-corrected chi connectivity index (χ2v) is 12.8. The van der Waals surface area contributed by atoms with Crippen molar-refractivity contribution >= 4 is 57.1 Å². The van der Waals surface area contributed by atoms with Crippen LogP contribution < -0.4 is 14.8 Å². The Morgan fingerprint density at radius 3 is 2.67 bits per heavy atom. The zero-order chi connectivity index (χ0) is 32.1. The van der Waals surface area contributed by atoms with E-state index in [4.69, 9.17) is 40.6 Å². The number of carbonyl (C=O) groups excluding carboxylic acids is 2. The van der Waals surface area contributed by atoms with E-state index in [0.29, 0.717) is 87.6 Å². The van der Waals surface area contributed by atoms with E-state index in [1.54, 1.807) is 29.5 Å². The minimum atomic E-state index is -0.700. The standard InChI is InChI=1S/C31H35BrClN5O6S/c1-5-42-24-15-21(14-22(32)28(24)43-16-25(39)37-10-12-41-13-11-37)27-26(29(40)44-18(2)3)19(4)34-30-35-31(36-38(27)30)45-17-20-8-6-7-9-23(20)33/h6-9,14-15,18,27H,5,10-13,16-17H2,1-4H3,(H,34,35,36). The number of anilines is 1. The lowest BCUT2D eigenvalue weighted by Crippen LogP contribution is -2.43. The molecule has 240 valence electrons. The van der Waals surface area contributed by atoms with Crippen molar-refractivity contribution in [2.45, 2.75) is 50.8 Å². The van der Waals surface area contributed by atoms with Gasteiger partial charge in [-0.15, -0.1) is 5.10 Å². The van der Waals surface area contributed by atoms with Crippen LogP contribution in [0.25, 0.3) is 0 Å². The third-order valence-corrected chi connectivity index (χ3v) is 8.91. The fraction of sp³-hybridized carbons (Fsp3) is 0.419. The van der Waals surface area contributed by atoms with Gasteiger partial charge in [-0.05, 0) is 73.0 Å². The van der Waals surface area contributed by atoms with Crippen LogP contribution >= 0.6 is 39.3 Å². The average Bonchev–Trinajstić information content (AvgIpc) is 3.41. The van der Waals surface area contributed by atoms with E-state index in [9.17, 15) is 9.59 Å². The lowest BCUT2D eigenvalue weighted by atomic mass is 9.95. The number of morpholine rings is 1. The highest BCUT2D eigenvalue weighted by Gasteiger charge is 2.37. The van der Waals surface area contributed by atoms with Crippen LogP contribution in [-0.2, 0) is 24.8 Å². The highest BCUT2D eigenvalue weighted by molar-refractivity contribution is 9.10. The van der Waals surface area contributed by atoms with Gasteiger partial charge in [0.25, 0.3) is 5.91 Å². The first-order valence-electron chi connectivity index (χ1n) is 14.6. The minimum Gasteiger partial charge on any atom is -0.490 e. The molecule has 2 aliphatic rings. The molecule has 11 nitrogen and oxygen atoms in total. The zero-order valence-electron chi connectivity index (χ0n) is 25.5. The number of rotatable bonds is 11. The Morgan fingerprint density at radius 1 is 1.20 bits per heavy atom. The highest BCUT2D eigenvalue weighted by Crippen LogP contribution is 2.43. The van der Waals surface area contributed by atoms with Gasteiger partial charge in [0.15, 0.2) is 18.1 Å². The Bertz CT molecular complexity index is 1590. The molecule has 14 heteroatoms. The zero-order valence-corrected chi connectivity index (χ0v) is 28.6. The van der Waals surface area contributed by atoms with Crippen LogP contribution in [-0.4, -0.2) is 77.2 Å². The summed E-state index contributed by atoms with van der Waals surface area (Å²) in [6, 6.07) is 10.6. The number of nitrogens with one attached hydrogen (secondary N) is 1.